The molecule has 0 radical (unpaired) electrons. The molecule has 2 aromatic rings. The Labute approximate surface area is 131 Å². The lowest BCUT2D eigenvalue weighted by atomic mass is 10.1. The van der Waals surface area contributed by atoms with Crippen LogP contribution in [0.3, 0.4) is 0 Å². The molecule has 9 heteroatoms. The summed E-state index contributed by atoms with van der Waals surface area (Å²) in [5.74, 6) is -0.280. The van der Waals surface area contributed by atoms with Crippen molar-refractivity contribution in [1.82, 2.24) is 10.3 Å². The number of rotatable bonds is 4. The molecule has 0 saturated heterocycles. The fourth-order valence-electron chi connectivity index (χ4n) is 2.43. The van der Waals surface area contributed by atoms with Crippen LogP contribution in [0.25, 0.3) is 10.8 Å². The number of hydrogen-bond donors (Lipinski definition) is 3. The highest BCUT2D eigenvalue weighted by molar-refractivity contribution is 7.89. The average Bonchev–Trinajstić information content (AvgIpc) is 2.84. The number of ether oxygens (including phenoxy) is 1. The minimum Gasteiger partial charge on any atom is -0.449 e. The van der Waals surface area contributed by atoms with Crippen LogP contribution >= 0.6 is 0 Å². The number of carbonyl (C=O) groups excluding carboxylic acids is 2. The minimum atomic E-state index is -4.02. The summed E-state index contributed by atoms with van der Waals surface area (Å²) in [4.78, 5) is 25.0. The molecule has 2 aromatic carbocycles. The molecule has 0 saturated carbocycles. The van der Waals surface area contributed by atoms with Crippen LogP contribution in [0.1, 0.15) is 17.3 Å². The molecule has 8 nitrogen and oxygen atoms in total. The van der Waals surface area contributed by atoms with Crippen LogP contribution in [0.15, 0.2) is 35.2 Å². The van der Waals surface area contributed by atoms with Crippen LogP contribution in [0.4, 0.5) is 10.5 Å². The van der Waals surface area contributed by atoms with Crippen molar-refractivity contribution >= 4 is 38.5 Å². The summed E-state index contributed by atoms with van der Waals surface area (Å²) in [6, 6.07) is 7.69. The fraction of sp³-hybridized carbons (Fsp3) is 0.143. The van der Waals surface area contributed by atoms with Crippen molar-refractivity contribution in [3.05, 3.63) is 35.9 Å². The third-order valence-corrected chi connectivity index (χ3v) is 4.65. The summed E-state index contributed by atoms with van der Waals surface area (Å²) in [7, 11) is -4.02. The molecular formula is C14H13N3O5S. The summed E-state index contributed by atoms with van der Waals surface area (Å²) >= 11 is 0. The Balaban J connectivity index is 2.03. The van der Waals surface area contributed by atoms with E-state index in [9.17, 15) is 18.0 Å². The number of sulfonamides is 1. The maximum Gasteiger partial charge on any atom is 0.422 e. The van der Waals surface area contributed by atoms with Crippen molar-refractivity contribution in [2.75, 3.05) is 11.9 Å². The van der Waals surface area contributed by atoms with Crippen molar-refractivity contribution in [2.24, 2.45) is 0 Å². The largest absolute Gasteiger partial charge is 0.449 e. The first kappa shape index (κ1) is 15.3. The molecule has 0 aromatic heterocycles. The van der Waals surface area contributed by atoms with Gasteiger partial charge in [0.25, 0.3) is 15.9 Å². The third kappa shape index (κ3) is 2.60. The van der Waals surface area contributed by atoms with E-state index in [0.717, 1.165) is 0 Å². The van der Waals surface area contributed by atoms with Gasteiger partial charge in [-0.15, -0.1) is 4.83 Å². The molecule has 0 spiro atoms. The van der Waals surface area contributed by atoms with Gasteiger partial charge in [0.2, 0.25) is 0 Å². The third-order valence-electron chi connectivity index (χ3n) is 3.35. The first-order valence-corrected chi connectivity index (χ1v) is 8.24. The maximum atomic E-state index is 12.4. The van der Waals surface area contributed by atoms with Gasteiger partial charge in [-0.3, -0.25) is 4.79 Å². The molecule has 0 bridgehead atoms. The van der Waals surface area contributed by atoms with E-state index in [1.54, 1.807) is 25.1 Å². The average molecular weight is 335 g/mol. The van der Waals surface area contributed by atoms with Gasteiger partial charge in [0.1, 0.15) is 0 Å². The van der Waals surface area contributed by atoms with Crippen LogP contribution in [-0.2, 0) is 14.8 Å². The predicted molar refractivity (Wildman–Crippen MR) is 82.4 cm³/mol. The second-order valence-corrected chi connectivity index (χ2v) is 6.40. The first-order valence-electron chi connectivity index (χ1n) is 6.75. The monoisotopic (exact) mass is 335 g/mol. The second kappa shape index (κ2) is 5.52. The standard InChI is InChI=1S/C14H13N3O5S/c1-2-22-14(19)16-17-23(20,21)11-7-6-10-12-8(11)4-3-5-9(12)13(18)15-10/h3-7,17H,2H2,1H3,(H,15,18)(H,16,19). The molecule has 1 aliphatic heterocycles. The predicted octanol–water partition coefficient (Wildman–Crippen LogP) is 1.34. The van der Waals surface area contributed by atoms with E-state index < -0.39 is 16.1 Å². The Morgan fingerprint density at radius 3 is 2.78 bits per heavy atom. The number of carbonyl (C=O) groups is 2. The lowest BCUT2D eigenvalue weighted by Gasteiger charge is -2.11. The van der Waals surface area contributed by atoms with E-state index in [1.165, 1.54) is 12.1 Å². The Bertz CT molecular complexity index is 923. The van der Waals surface area contributed by atoms with E-state index in [2.05, 4.69) is 10.1 Å². The number of hydrazine groups is 1. The zero-order valence-corrected chi connectivity index (χ0v) is 12.9. The second-order valence-electron chi connectivity index (χ2n) is 4.74. The molecule has 0 unspecified atom stereocenters. The zero-order valence-electron chi connectivity index (χ0n) is 12.0. The van der Waals surface area contributed by atoms with Crippen LogP contribution in [0.5, 0.6) is 0 Å². The van der Waals surface area contributed by atoms with E-state index in [-0.39, 0.29) is 17.4 Å². The number of nitrogens with one attached hydrogen (secondary N) is 3. The summed E-state index contributed by atoms with van der Waals surface area (Å²) in [5, 5.41) is 3.60. The molecule has 0 fully saturated rings. The summed E-state index contributed by atoms with van der Waals surface area (Å²) in [5.41, 5.74) is 2.92. The highest BCUT2D eigenvalue weighted by Gasteiger charge is 2.26. The lowest BCUT2D eigenvalue weighted by Crippen LogP contribution is -2.41. The smallest absolute Gasteiger partial charge is 0.422 e. The Morgan fingerprint density at radius 2 is 2.04 bits per heavy atom. The van der Waals surface area contributed by atoms with Gasteiger partial charge in [0.15, 0.2) is 0 Å². The normalized spacial score (nSPS) is 13.0. The highest BCUT2D eigenvalue weighted by Crippen LogP contribution is 2.36. The maximum absolute atomic E-state index is 12.4. The van der Waals surface area contributed by atoms with Crippen molar-refractivity contribution in [3.63, 3.8) is 0 Å². The van der Waals surface area contributed by atoms with E-state index in [0.29, 0.717) is 22.0 Å². The van der Waals surface area contributed by atoms with Gasteiger partial charge >= 0.3 is 6.09 Å². The molecule has 0 aliphatic carbocycles. The number of anilines is 1. The van der Waals surface area contributed by atoms with Crippen LogP contribution < -0.4 is 15.6 Å². The van der Waals surface area contributed by atoms with Crippen LogP contribution in [0.2, 0.25) is 0 Å². The van der Waals surface area contributed by atoms with Crippen LogP contribution in [-0.4, -0.2) is 27.0 Å². The van der Waals surface area contributed by atoms with Crippen molar-refractivity contribution in [1.29, 1.82) is 0 Å². The number of benzene rings is 2. The molecule has 1 aliphatic rings. The molecule has 120 valence electrons. The quantitative estimate of drug-likeness (QED) is 0.730. The molecule has 1 heterocycles. The summed E-state index contributed by atoms with van der Waals surface area (Å²) in [6.45, 7) is 1.71. The van der Waals surface area contributed by atoms with E-state index in [4.69, 9.17) is 0 Å². The molecule has 2 amide bonds. The molecule has 23 heavy (non-hydrogen) atoms. The van der Waals surface area contributed by atoms with Gasteiger partial charge in [-0.1, -0.05) is 12.1 Å². The summed E-state index contributed by atoms with van der Waals surface area (Å²) < 4.78 is 29.4. The Morgan fingerprint density at radius 1 is 1.26 bits per heavy atom. The van der Waals surface area contributed by atoms with Crippen molar-refractivity contribution in [3.8, 4) is 0 Å². The summed E-state index contributed by atoms with van der Waals surface area (Å²) in [6.07, 6.45) is -0.904. The van der Waals surface area contributed by atoms with E-state index in [1.807, 2.05) is 10.3 Å². The van der Waals surface area contributed by atoms with Gasteiger partial charge in [-0.25, -0.2) is 18.6 Å². The molecular weight excluding hydrogens is 322 g/mol. The number of amides is 2. The lowest BCUT2D eigenvalue weighted by molar-refractivity contribution is 0.103. The SMILES string of the molecule is CCOC(=O)NNS(=O)(=O)c1ccc2c3c(cccc13)C(=O)N2. The number of hydrogen-bond acceptors (Lipinski definition) is 5. The van der Waals surface area contributed by atoms with Crippen molar-refractivity contribution in [2.45, 2.75) is 11.8 Å². The van der Waals surface area contributed by atoms with Gasteiger partial charge < -0.3 is 10.1 Å². The molecule has 3 N–H and O–H groups in total. The van der Waals surface area contributed by atoms with E-state index >= 15 is 0 Å². The van der Waals surface area contributed by atoms with Gasteiger partial charge in [0, 0.05) is 22.0 Å². The zero-order chi connectivity index (χ0) is 16.6. The first-order chi connectivity index (χ1) is 10.9. The molecule has 3 rings (SSSR count). The van der Waals surface area contributed by atoms with Gasteiger partial charge in [0.05, 0.1) is 11.5 Å². The van der Waals surface area contributed by atoms with Crippen molar-refractivity contribution < 1.29 is 22.7 Å². The minimum absolute atomic E-state index is 0.0496. The molecule has 0 atom stereocenters. The fourth-order valence-corrected chi connectivity index (χ4v) is 3.46. The Kier molecular flexibility index (Phi) is 3.66. The highest BCUT2D eigenvalue weighted by atomic mass is 32.2. The van der Waals surface area contributed by atoms with Gasteiger partial charge in [-0.2, -0.15) is 0 Å². The van der Waals surface area contributed by atoms with Gasteiger partial charge in [-0.05, 0) is 25.1 Å². The Hall–Kier alpha value is -2.65. The topological polar surface area (TPSA) is 114 Å². The van der Waals surface area contributed by atoms with Crippen LogP contribution in [0, 0.1) is 0 Å².